The molecule has 2 aromatic carbocycles. The second kappa shape index (κ2) is 8.29. The number of aryl methyl sites for hydroxylation is 2. The molecule has 0 aliphatic heterocycles. The van der Waals surface area contributed by atoms with Crippen LogP contribution in [0.2, 0.25) is 0 Å². The van der Waals surface area contributed by atoms with Gasteiger partial charge in [0.25, 0.3) is 0 Å². The fraction of sp³-hybridized carbons (Fsp3) is 0.294. The molecule has 4 nitrogen and oxygen atoms in total. The van der Waals surface area contributed by atoms with Crippen molar-refractivity contribution < 1.29 is 0 Å². The summed E-state index contributed by atoms with van der Waals surface area (Å²) in [5, 5.41) is 0. The van der Waals surface area contributed by atoms with Crippen LogP contribution < -0.4 is 22.5 Å². The molecule has 2 rings (SSSR count). The predicted molar refractivity (Wildman–Crippen MR) is 89.8 cm³/mol. The summed E-state index contributed by atoms with van der Waals surface area (Å²) >= 11 is 0. The first kappa shape index (κ1) is 15.4. The average Bonchev–Trinajstić information content (AvgIpc) is 2.55. The van der Waals surface area contributed by atoms with Gasteiger partial charge in [-0.05, 0) is 61.1 Å². The SMILES string of the molecule is NNc1ccc(CCCCCc2ccc(NN)cc2)cc1. The first-order chi connectivity index (χ1) is 10.3. The molecule has 0 bridgehead atoms. The molecule has 0 saturated heterocycles. The van der Waals surface area contributed by atoms with Gasteiger partial charge in [0.15, 0.2) is 0 Å². The first-order valence-corrected chi connectivity index (χ1v) is 7.43. The summed E-state index contributed by atoms with van der Waals surface area (Å²) in [4.78, 5) is 0. The second-order valence-corrected chi connectivity index (χ2v) is 5.24. The minimum absolute atomic E-state index is 0.953. The van der Waals surface area contributed by atoms with E-state index in [4.69, 9.17) is 11.7 Å². The molecule has 0 radical (unpaired) electrons. The van der Waals surface area contributed by atoms with Gasteiger partial charge in [-0.3, -0.25) is 11.7 Å². The number of nitrogens with two attached hydrogens (primary N) is 2. The summed E-state index contributed by atoms with van der Waals surface area (Å²) in [7, 11) is 0. The maximum absolute atomic E-state index is 5.35. The minimum Gasteiger partial charge on any atom is -0.324 e. The van der Waals surface area contributed by atoms with E-state index in [0.29, 0.717) is 0 Å². The van der Waals surface area contributed by atoms with Crippen molar-refractivity contribution >= 4 is 11.4 Å². The van der Waals surface area contributed by atoms with Gasteiger partial charge in [0.2, 0.25) is 0 Å². The number of nitrogen functional groups attached to an aromatic ring is 2. The van der Waals surface area contributed by atoms with E-state index < -0.39 is 0 Å². The molecule has 0 aliphatic carbocycles. The Morgan fingerprint density at radius 3 is 1.29 bits per heavy atom. The Morgan fingerprint density at radius 2 is 0.952 bits per heavy atom. The van der Waals surface area contributed by atoms with Gasteiger partial charge >= 0.3 is 0 Å². The van der Waals surface area contributed by atoms with Gasteiger partial charge in [0.05, 0.1) is 0 Å². The molecule has 0 fully saturated rings. The Labute approximate surface area is 126 Å². The largest absolute Gasteiger partial charge is 0.324 e. The van der Waals surface area contributed by atoms with E-state index in [0.717, 1.165) is 24.2 Å². The van der Waals surface area contributed by atoms with E-state index in [1.54, 1.807) is 0 Å². The van der Waals surface area contributed by atoms with Gasteiger partial charge in [-0.1, -0.05) is 30.7 Å². The van der Waals surface area contributed by atoms with E-state index >= 15 is 0 Å². The zero-order valence-electron chi connectivity index (χ0n) is 12.3. The van der Waals surface area contributed by atoms with Gasteiger partial charge in [0.1, 0.15) is 0 Å². The Kier molecular flexibility index (Phi) is 6.06. The third-order valence-corrected chi connectivity index (χ3v) is 3.67. The van der Waals surface area contributed by atoms with Crippen LogP contribution in [0.1, 0.15) is 30.4 Å². The summed E-state index contributed by atoms with van der Waals surface area (Å²) in [6, 6.07) is 16.6. The highest BCUT2D eigenvalue weighted by Crippen LogP contribution is 2.14. The van der Waals surface area contributed by atoms with Gasteiger partial charge in [-0.15, -0.1) is 0 Å². The maximum Gasteiger partial charge on any atom is 0.0485 e. The highest BCUT2D eigenvalue weighted by atomic mass is 15.2. The van der Waals surface area contributed by atoms with Crippen LogP contribution in [-0.4, -0.2) is 0 Å². The van der Waals surface area contributed by atoms with E-state index in [1.807, 2.05) is 24.3 Å². The van der Waals surface area contributed by atoms with E-state index in [-0.39, 0.29) is 0 Å². The van der Waals surface area contributed by atoms with Crippen LogP contribution in [0.25, 0.3) is 0 Å². The van der Waals surface area contributed by atoms with Crippen molar-refractivity contribution in [1.82, 2.24) is 0 Å². The number of unbranched alkanes of at least 4 members (excludes halogenated alkanes) is 2. The normalized spacial score (nSPS) is 10.4. The molecule has 0 aliphatic rings. The topological polar surface area (TPSA) is 76.1 Å². The molecule has 0 aromatic heterocycles. The number of hydrazine groups is 2. The zero-order chi connectivity index (χ0) is 14.9. The third-order valence-electron chi connectivity index (χ3n) is 3.67. The van der Waals surface area contributed by atoms with Crippen molar-refractivity contribution in [2.45, 2.75) is 32.1 Å². The lowest BCUT2D eigenvalue weighted by Crippen LogP contribution is -2.06. The van der Waals surface area contributed by atoms with Crippen molar-refractivity contribution in [3.05, 3.63) is 59.7 Å². The minimum atomic E-state index is 0.953. The lowest BCUT2D eigenvalue weighted by atomic mass is 10.0. The standard InChI is InChI=1S/C17H24N4/c18-20-16-10-6-14(7-11-16)4-2-1-3-5-15-8-12-17(21-19)13-9-15/h6-13,20-21H,1-5,18-19H2. The summed E-state index contributed by atoms with van der Waals surface area (Å²) in [6.45, 7) is 0. The van der Waals surface area contributed by atoms with E-state index in [1.165, 1.54) is 30.4 Å². The third kappa shape index (κ3) is 5.10. The van der Waals surface area contributed by atoms with Crippen molar-refractivity contribution in [3.63, 3.8) is 0 Å². The van der Waals surface area contributed by atoms with Crippen LogP contribution in [-0.2, 0) is 12.8 Å². The molecule has 6 N–H and O–H groups in total. The van der Waals surface area contributed by atoms with Crippen LogP contribution in [0.5, 0.6) is 0 Å². The molecule has 0 unspecified atom stereocenters. The summed E-state index contributed by atoms with van der Waals surface area (Å²) in [6.07, 6.45) is 5.94. The van der Waals surface area contributed by atoms with Gasteiger partial charge < -0.3 is 10.9 Å². The highest BCUT2D eigenvalue weighted by molar-refractivity contribution is 5.43. The second-order valence-electron chi connectivity index (χ2n) is 5.24. The first-order valence-electron chi connectivity index (χ1n) is 7.43. The fourth-order valence-electron chi connectivity index (χ4n) is 2.37. The Morgan fingerprint density at radius 1 is 0.571 bits per heavy atom. The molecular weight excluding hydrogens is 260 g/mol. The monoisotopic (exact) mass is 284 g/mol. The van der Waals surface area contributed by atoms with Crippen molar-refractivity contribution in [1.29, 1.82) is 0 Å². The summed E-state index contributed by atoms with van der Waals surface area (Å²) < 4.78 is 0. The summed E-state index contributed by atoms with van der Waals surface area (Å²) in [5.41, 5.74) is 9.93. The quantitative estimate of drug-likeness (QED) is 0.341. The van der Waals surface area contributed by atoms with Crippen LogP contribution in [0.4, 0.5) is 11.4 Å². The number of anilines is 2. The predicted octanol–water partition coefficient (Wildman–Crippen LogP) is 3.21. The molecule has 2 aromatic rings. The highest BCUT2D eigenvalue weighted by Gasteiger charge is 1.97. The Balaban J connectivity index is 1.64. The molecule has 0 spiro atoms. The zero-order valence-corrected chi connectivity index (χ0v) is 12.3. The van der Waals surface area contributed by atoms with Crippen LogP contribution in [0.15, 0.2) is 48.5 Å². The molecule has 4 heteroatoms. The number of hydrogen-bond donors (Lipinski definition) is 4. The molecule has 0 atom stereocenters. The Hall–Kier alpha value is -2.04. The van der Waals surface area contributed by atoms with Gasteiger partial charge in [-0.2, -0.15) is 0 Å². The van der Waals surface area contributed by atoms with Gasteiger partial charge in [-0.25, -0.2) is 0 Å². The number of nitrogens with one attached hydrogen (secondary N) is 2. The fourth-order valence-corrected chi connectivity index (χ4v) is 2.37. The lowest BCUT2D eigenvalue weighted by molar-refractivity contribution is 0.678. The number of benzene rings is 2. The van der Waals surface area contributed by atoms with Crippen LogP contribution in [0, 0.1) is 0 Å². The van der Waals surface area contributed by atoms with Crippen LogP contribution >= 0.6 is 0 Å². The molecule has 0 amide bonds. The maximum atomic E-state index is 5.35. The molecule has 0 saturated carbocycles. The molecule has 112 valence electrons. The van der Waals surface area contributed by atoms with E-state index in [2.05, 4.69) is 35.1 Å². The summed E-state index contributed by atoms with van der Waals surface area (Å²) in [5.74, 6) is 10.7. The smallest absolute Gasteiger partial charge is 0.0485 e. The average molecular weight is 284 g/mol. The molecular formula is C17H24N4. The van der Waals surface area contributed by atoms with Crippen molar-refractivity contribution in [2.24, 2.45) is 11.7 Å². The van der Waals surface area contributed by atoms with Crippen molar-refractivity contribution in [3.8, 4) is 0 Å². The lowest BCUT2D eigenvalue weighted by Gasteiger charge is -2.05. The molecule has 0 heterocycles. The van der Waals surface area contributed by atoms with Gasteiger partial charge in [0, 0.05) is 11.4 Å². The number of rotatable bonds is 8. The molecule has 21 heavy (non-hydrogen) atoms. The Bertz CT molecular complexity index is 470. The van der Waals surface area contributed by atoms with E-state index in [9.17, 15) is 0 Å². The number of hydrogen-bond acceptors (Lipinski definition) is 4. The van der Waals surface area contributed by atoms with Crippen molar-refractivity contribution in [2.75, 3.05) is 10.9 Å². The van der Waals surface area contributed by atoms with Crippen LogP contribution in [0.3, 0.4) is 0 Å².